The molecule has 0 bridgehead atoms. The molecule has 0 radical (unpaired) electrons. The summed E-state index contributed by atoms with van der Waals surface area (Å²) in [6.07, 6.45) is 3.66. The quantitative estimate of drug-likeness (QED) is 0.689. The average molecular weight is 389 g/mol. The molecule has 2 aromatic rings. The Kier molecular flexibility index (Phi) is 6.86. The number of ether oxygens (including phenoxy) is 2. The summed E-state index contributed by atoms with van der Waals surface area (Å²) in [6, 6.07) is 15.1. The van der Waals surface area contributed by atoms with E-state index in [1.165, 1.54) is 24.8 Å². The van der Waals surface area contributed by atoms with Crippen LogP contribution < -0.4 is 14.8 Å². The van der Waals surface area contributed by atoms with Crippen LogP contribution in [0.1, 0.15) is 37.8 Å². The summed E-state index contributed by atoms with van der Waals surface area (Å²) in [7, 11) is 3.37. The molecule has 3 rings (SSSR count). The second-order valence-electron chi connectivity index (χ2n) is 7.08. The molecular formula is C22H29ClN2O2. The van der Waals surface area contributed by atoms with Gasteiger partial charge in [-0.2, -0.15) is 0 Å². The molecule has 0 spiro atoms. The van der Waals surface area contributed by atoms with E-state index in [1.807, 2.05) is 30.3 Å². The topological polar surface area (TPSA) is 33.7 Å². The fourth-order valence-corrected chi connectivity index (χ4v) is 4.06. The number of piperidine rings is 1. The van der Waals surface area contributed by atoms with Gasteiger partial charge in [0, 0.05) is 35.9 Å². The van der Waals surface area contributed by atoms with Crippen molar-refractivity contribution in [3.8, 4) is 11.5 Å². The van der Waals surface area contributed by atoms with Gasteiger partial charge in [-0.25, -0.2) is 0 Å². The normalized spacial score (nSPS) is 20.3. The number of hydrogen-bond donors (Lipinski definition) is 1. The Morgan fingerprint density at radius 3 is 2.48 bits per heavy atom. The summed E-state index contributed by atoms with van der Waals surface area (Å²) in [5.41, 5.74) is 2.40. The van der Waals surface area contributed by atoms with Crippen LogP contribution in [0.25, 0.3) is 0 Å². The molecule has 0 aromatic heterocycles. The predicted molar refractivity (Wildman–Crippen MR) is 112 cm³/mol. The Morgan fingerprint density at radius 2 is 1.78 bits per heavy atom. The fourth-order valence-electron chi connectivity index (χ4n) is 3.94. The highest BCUT2D eigenvalue weighted by atomic mass is 35.5. The van der Waals surface area contributed by atoms with Crippen LogP contribution in [-0.2, 0) is 0 Å². The van der Waals surface area contributed by atoms with Crippen LogP contribution in [0.2, 0.25) is 5.02 Å². The summed E-state index contributed by atoms with van der Waals surface area (Å²) < 4.78 is 10.9. The van der Waals surface area contributed by atoms with Crippen LogP contribution >= 0.6 is 11.6 Å². The molecule has 1 N–H and O–H groups in total. The monoisotopic (exact) mass is 388 g/mol. The van der Waals surface area contributed by atoms with Crippen molar-refractivity contribution in [3.05, 3.63) is 53.1 Å². The van der Waals surface area contributed by atoms with Crippen molar-refractivity contribution in [2.75, 3.05) is 32.6 Å². The van der Waals surface area contributed by atoms with Crippen LogP contribution in [0.4, 0.5) is 5.69 Å². The number of likely N-dealkylation sites (tertiary alicyclic amines) is 1. The van der Waals surface area contributed by atoms with E-state index in [-0.39, 0.29) is 0 Å². The molecule has 1 unspecified atom stereocenters. The number of nitrogens with zero attached hydrogens (tertiary/aromatic N) is 1. The summed E-state index contributed by atoms with van der Waals surface area (Å²) in [4.78, 5) is 2.60. The number of halogens is 1. The number of rotatable bonds is 7. The Morgan fingerprint density at radius 1 is 1.04 bits per heavy atom. The molecule has 2 atom stereocenters. The van der Waals surface area contributed by atoms with Crippen LogP contribution in [0.15, 0.2) is 42.5 Å². The van der Waals surface area contributed by atoms with Gasteiger partial charge in [0.25, 0.3) is 0 Å². The highest BCUT2D eigenvalue weighted by Crippen LogP contribution is 2.38. The largest absolute Gasteiger partial charge is 0.493 e. The minimum Gasteiger partial charge on any atom is -0.493 e. The van der Waals surface area contributed by atoms with E-state index in [1.54, 1.807) is 14.2 Å². The molecule has 0 saturated carbocycles. The third-order valence-electron chi connectivity index (χ3n) is 5.40. The van der Waals surface area contributed by atoms with E-state index >= 15 is 0 Å². The van der Waals surface area contributed by atoms with Gasteiger partial charge >= 0.3 is 0 Å². The lowest BCUT2D eigenvalue weighted by Crippen LogP contribution is -2.42. The summed E-state index contributed by atoms with van der Waals surface area (Å²) in [6.45, 7) is 4.22. The van der Waals surface area contributed by atoms with Gasteiger partial charge in [0.15, 0.2) is 11.5 Å². The van der Waals surface area contributed by atoms with Crippen LogP contribution in [-0.4, -0.2) is 38.3 Å². The zero-order valence-corrected chi connectivity index (χ0v) is 17.1. The summed E-state index contributed by atoms with van der Waals surface area (Å²) >= 11 is 5.96. The predicted octanol–water partition coefficient (Wildman–Crippen LogP) is 5.38. The zero-order chi connectivity index (χ0) is 19.2. The Bertz CT molecular complexity index is 736. The van der Waals surface area contributed by atoms with Crippen LogP contribution in [0.3, 0.4) is 0 Å². The fraction of sp³-hybridized carbons (Fsp3) is 0.455. The first kappa shape index (κ1) is 19.8. The summed E-state index contributed by atoms with van der Waals surface area (Å²) in [5, 5.41) is 4.27. The van der Waals surface area contributed by atoms with Crippen molar-refractivity contribution < 1.29 is 9.47 Å². The molecule has 1 saturated heterocycles. The number of anilines is 1. The van der Waals surface area contributed by atoms with E-state index < -0.39 is 0 Å². The first-order chi connectivity index (χ1) is 13.1. The van der Waals surface area contributed by atoms with Gasteiger partial charge in [-0.05, 0) is 61.7 Å². The van der Waals surface area contributed by atoms with Crippen LogP contribution in [0, 0.1) is 0 Å². The standard InChI is InChI=1S/C22H29ClN2O2/c1-16-5-4-6-20(17-7-12-21(26-2)22(15-17)27-3)25(16)14-13-24-19-10-8-18(23)9-11-19/h7-12,15-16,20,24H,4-6,13-14H2,1-3H3/t16?,20-/m1/s1. The van der Waals surface area contributed by atoms with Crippen molar-refractivity contribution in [2.45, 2.75) is 38.3 Å². The van der Waals surface area contributed by atoms with Gasteiger partial charge in [-0.1, -0.05) is 24.1 Å². The Balaban J connectivity index is 1.70. The lowest BCUT2D eigenvalue weighted by atomic mass is 9.91. The second kappa shape index (κ2) is 9.34. The maximum absolute atomic E-state index is 5.96. The average Bonchev–Trinajstić information content (AvgIpc) is 2.70. The number of nitrogens with one attached hydrogen (secondary N) is 1. The third-order valence-corrected chi connectivity index (χ3v) is 5.65. The second-order valence-corrected chi connectivity index (χ2v) is 7.52. The molecule has 1 aliphatic rings. The van der Waals surface area contributed by atoms with E-state index in [2.05, 4.69) is 29.3 Å². The first-order valence-electron chi connectivity index (χ1n) is 9.59. The third kappa shape index (κ3) is 4.88. The molecule has 2 aromatic carbocycles. The Hall–Kier alpha value is -1.91. The molecule has 1 aliphatic heterocycles. The van der Waals surface area contributed by atoms with E-state index in [4.69, 9.17) is 21.1 Å². The van der Waals surface area contributed by atoms with Crippen molar-refractivity contribution >= 4 is 17.3 Å². The van der Waals surface area contributed by atoms with Gasteiger partial charge in [0.05, 0.1) is 14.2 Å². The first-order valence-corrected chi connectivity index (χ1v) is 9.97. The van der Waals surface area contributed by atoms with E-state index in [9.17, 15) is 0 Å². The van der Waals surface area contributed by atoms with E-state index in [0.717, 1.165) is 35.3 Å². The lowest BCUT2D eigenvalue weighted by molar-refractivity contribution is 0.0975. The van der Waals surface area contributed by atoms with Crippen molar-refractivity contribution in [1.29, 1.82) is 0 Å². The molecule has 27 heavy (non-hydrogen) atoms. The maximum Gasteiger partial charge on any atom is 0.161 e. The Labute approximate surface area is 167 Å². The summed E-state index contributed by atoms with van der Waals surface area (Å²) in [5.74, 6) is 1.58. The van der Waals surface area contributed by atoms with Crippen molar-refractivity contribution in [1.82, 2.24) is 4.90 Å². The molecule has 0 amide bonds. The van der Waals surface area contributed by atoms with Gasteiger partial charge in [0.2, 0.25) is 0 Å². The molecule has 1 fully saturated rings. The van der Waals surface area contributed by atoms with E-state index in [0.29, 0.717) is 12.1 Å². The molecule has 4 nitrogen and oxygen atoms in total. The maximum atomic E-state index is 5.96. The minimum absolute atomic E-state index is 0.403. The number of methoxy groups -OCH3 is 2. The smallest absolute Gasteiger partial charge is 0.161 e. The van der Waals surface area contributed by atoms with Crippen LogP contribution in [0.5, 0.6) is 11.5 Å². The lowest BCUT2D eigenvalue weighted by Gasteiger charge is -2.41. The molecule has 1 heterocycles. The van der Waals surface area contributed by atoms with Gasteiger partial charge in [-0.3, -0.25) is 4.90 Å². The highest BCUT2D eigenvalue weighted by Gasteiger charge is 2.29. The molecule has 0 aliphatic carbocycles. The van der Waals surface area contributed by atoms with Gasteiger partial charge < -0.3 is 14.8 Å². The molecule has 5 heteroatoms. The highest BCUT2D eigenvalue weighted by molar-refractivity contribution is 6.30. The molecular weight excluding hydrogens is 360 g/mol. The van der Waals surface area contributed by atoms with Crippen molar-refractivity contribution in [2.24, 2.45) is 0 Å². The number of hydrogen-bond acceptors (Lipinski definition) is 4. The van der Waals surface area contributed by atoms with Gasteiger partial charge in [0.1, 0.15) is 0 Å². The van der Waals surface area contributed by atoms with Gasteiger partial charge in [-0.15, -0.1) is 0 Å². The van der Waals surface area contributed by atoms with Crippen molar-refractivity contribution in [3.63, 3.8) is 0 Å². The minimum atomic E-state index is 0.403. The number of benzene rings is 2. The zero-order valence-electron chi connectivity index (χ0n) is 16.4. The SMILES string of the molecule is COc1ccc([C@H]2CCCC(C)N2CCNc2ccc(Cl)cc2)cc1OC. The molecule has 146 valence electrons.